The molecule has 1 heterocycles. The monoisotopic (exact) mass is 385 g/mol. The molecule has 0 aliphatic carbocycles. The molecule has 0 spiro atoms. The van der Waals surface area contributed by atoms with Crippen LogP contribution in [0.3, 0.4) is 0 Å². The summed E-state index contributed by atoms with van der Waals surface area (Å²) in [6.45, 7) is 5.42. The molecule has 3 rings (SSSR count). The predicted molar refractivity (Wildman–Crippen MR) is 106 cm³/mol. The van der Waals surface area contributed by atoms with Crippen molar-refractivity contribution in [3.8, 4) is 0 Å². The molecule has 0 amide bonds. The van der Waals surface area contributed by atoms with Gasteiger partial charge in [-0.1, -0.05) is 56.3 Å². The van der Waals surface area contributed by atoms with Gasteiger partial charge < -0.3 is 9.84 Å². The van der Waals surface area contributed by atoms with E-state index in [4.69, 9.17) is 4.74 Å². The first-order valence-corrected chi connectivity index (χ1v) is 9.80. The second-order valence-electron chi connectivity index (χ2n) is 7.87. The van der Waals surface area contributed by atoms with Gasteiger partial charge in [-0.15, -0.1) is 0 Å². The molecule has 2 aromatic rings. The Morgan fingerprint density at radius 2 is 1.86 bits per heavy atom. The van der Waals surface area contributed by atoms with E-state index in [1.165, 1.54) is 12.1 Å². The Morgan fingerprint density at radius 3 is 2.46 bits per heavy atom. The summed E-state index contributed by atoms with van der Waals surface area (Å²) < 4.78 is 19.0. The number of aliphatic hydroxyl groups is 1. The van der Waals surface area contributed by atoms with Crippen molar-refractivity contribution < 1.29 is 19.0 Å². The zero-order chi connectivity index (χ0) is 20.1. The molecule has 1 saturated heterocycles. The molecule has 0 aromatic heterocycles. The van der Waals surface area contributed by atoms with Crippen LogP contribution in [-0.4, -0.2) is 41.8 Å². The zero-order valence-corrected chi connectivity index (χ0v) is 16.4. The lowest BCUT2D eigenvalue weighted by Gasteiger charge is -2.27. The SMILES string of the molecule is CC(C)COC(=O)[C@@H]1CN(Cc2ccccc2)[C@H](CO)[C@H]1c1ccc(F)cc1. The van der Waals surface area contributed by atoms with E-state index < -0.39 is 5.92 Å². The molecule has 0 saturated carbocycles. The van der Waals surface area contributed by atoms with Gasteiger partial charge in [0.25, 0.3) is 0 Å². The minimum Gasteiger partial charge on any atom is -0.465 e. The molecule has 1 N–H and O–H groups in total. The highest BCUT2D eigenvalue weighted by atomic mass is 19.1. The minimum absolute atomic E-state index is 0.0805. The van der Waals surface area contributed by atoms with Crippen molar-refractivity contribution in [2.24, 2.45) is 11.8 Å². The Kier molecular flexibility index (Phi) is 6.81. The Labute approximate surface area is 165 Å². The second-order valence-corrected chi connectivity index (χ2v) is 7.87. The number of likely N-dealkylation sites (tertiary alicyclic amines) is 1. The molecule has 4 nitrogen and oxygen atoms in total. The Balaban J connectivity index is 1.88. The fraction of sp³-hybridized carbons (Fsp3) is 0.435. The largest absolute Gasteiger partial charge is 0.465 e. The van der Waals surface area contributed by atoms with Crippen LogP contribution in [-0.2, 0) is 16.1 Å². The molecule has 150 valence electrons. The molecule has 3 atom stereocenters. The number of ether oxygens (including phenoxy) is 1. The molecule has 1 aliphatic rings. The average molecular weight is 385 g/mol. The van der Waals surface area contributed by atoms with E-state index >= 15 is 0 Å². The van der Waals surface area contributed by atoms with Crippen molar-refractivity contribution in [1.29, 1.82) is 0 Å². The first kappa shape index (κ1) is 20.5. The number of esters is 1. The number of halogens is 1. The molecular weight excluding hydrogens is 357 g/mol. The second kappa shape index (κ2) is 9.30. The van der Waals surface area contributed by atoms with Crippen molar-refractivity contribution in [2.45, 2.75) is 32.4 Å². The van der Waals surface area contributed by atoms with Crippen LogP contribution in [0.2, 0.25) is 0 Å². The van der Waals surface area contributed by atoms with Crippen LogP contribution in [0.4, 0.5) is 4.39 Å². The van der Waals surface area contributed by atoms with E-state index in [2.05, 4.69) is 4.90 Å². The fourth-order valence-corrected chi connectivity index (χ4v) is 3.94. The Bertz CT molecular complexity index is 763. The lowest BCUT2D eigenvalue weighted by atomic mass is 9.84. The number of carbonyl (C=O) groups excluding carboxylic acids is 1. The summed E-state index contributed by atoms with van der Waals surface area (Å²) in [6.07, 6.45) is 0. The smallest absolute Gasteiger partial charge is 0.310 e. The van der Waals surface area contributed by atoms with E-state index in [1.807, 2.05) is 44.2 Å². The number of nitrogens with zero attached hydrogens (tertiary/aromatic N) is 1. The van der Waals surface area contributed by atoms with Gasteiger partial charge in [0.15, 0.2) is 0 Å². The van der Waals surface area contributed by atoms with Crippen LogP contribution >= 0.6 is 0 Å². The lowest BCUT2D eigenvalue weighted by Crippen LogP contribution is -2.34. The standard InChI is InChI=1S/C23H28FNO3/c1-16(2)15-28-23(27)20-13-25(12-17-6-4-3-5-7-17)21(14-26)22(20)18-8-10-19(24)11-9-18/h3-11,16,20-22,26H,12-15H2,1-2H3/t20-,21-,22+/m1/s1. The van der Waals surface area contributed by atoms with Crippen molar-refractivity contribution in [3.05, 3.63) is 71.5 Å². The molecule has 0 unspecified atom stereocenters. The highest BCUT2D eigenvalue weighted by Crippen LogP contribution is 2.39. The molecule has 2 aromatic carbocycles. The minimum atomic E-state index is -0.398. The normalized spacial score (nSPS) is 22.5. The van der Waals surface area contributed by atoms with Crippen molar-refractivity contribution in [3.63, 3.8) is 0 Å². The van der Waals surface area contributed by atoms with E-state index in [0.29, 0.717) is 19.7 Å². The summed E-state index contributed by atoms with van der Waals surface area (Å²) in [4.78, 5) is 15.0. The fourth-order valence-electron chi connectivity index (χ4n) is 3.94. The van der Waals surface area contributed by atoms with Crippen molar-refractivity contribution in [1.82, 2.24) is 4.90 Å². The summed E-state index contributed by atoms with van der Waals surface area (Å²) in [6, 6.07) is 16.0. The molecule has 1 aliphatic heterocycles. The van der Waals surface area contributed by atoms with E-state index in [1.54, 1.807) is 12.1 Å². The van der Waals surface area contributed by atoms with Crippen LogP contribution in [0.5, 0.6) is 0 Å². The maximum absolute atomic E-state index is 13.4. The molecule has 1 fully saturated rings. The van der Waals surface area contributed by atoms with Crippen molar-refractivity contribution >= 4 is 5.97 Å². The van der Waals surface area contributed by atoms with Gasteiger partial charge in [0.1, 0.15) is 5.82 Å². The summed E-state index contributed by atoms with van der Waals surface area (Å²) in [5.41, 5.74) is 1.97. The number of hydrogen-bond donors (Lipinski definition) is 1. The molecule has 28 heavy (non-hydrogen) atoms. The van der Waals surface area contributed by atoms with Crippen LogP contribution in [0.1, 0.15) is 30.9 Å². The average Bonchev–Trinajstić information content (AvgIpc) is 3.05. The quantitative estimate of drug-likeness (QED) is 0.740. The highest BCUT2D eigenvalue weighted by molar-refractivity contribution is 5.75. The van der Waals surface area contributed by atoms with E-state index in [0.717, 1.165) is 11.1 Å². The Hall–Kier alpha value is -2.24. The van der Waals surface area contributed by atoms with Crippen LogP contribution in [0.15, 0.2) is 54.6 Å². The number of hydrogen-bond acceptors (Lipinski definition) is 4. The third-order valence-corrected chi connectivity index (χ3v) is 5.28. The molecule has 5 heteroatoms. The van der Waals surface area contributed by atoms with Gasteiger partial charge in [-0.3, -0.25) is 9.69 Å². The lowest BCUT2D eigenvalue weighted by molar-refractivity contribution is -0.149. The summed E-state index contributed by atoms with van der Waals surface area (Å²) in [7, 11) is 0. The van der Waals surface area contributed by atoms with Gasteiger partial charge in [0.2, 0.25) is 0 Å². The Morgan fingerprint density at radius 1 is 1.18 bits per heavy atom. The van der Waals surface area contributed by atoms with Gasteiger partial charge in [-0.2, -0.15) is 0 Å². The maximum Gasteiger partial charge on any atom is 0.310 e. The number of carbonyl (C=O) groups is 1. The molecule has 0 radical (unpaired) electrons. The highest BCUT2D eigenvalue weighted by Gasteiger charge is 2.46. The number of rotatable bonds is 7. The van der Waals surface area contributed by atoms with Gasteiger partial charge in [-0.05, 0) is 29.2 Å². The van der Waals surface area contributed by atoms with Gasteiger partial charge in [0, 0.05) is 25.0 Å². The summed E-state index contributed by atoms with van der Waals surface area (Å²) in [5, 5.41) is 10.2. The first-order chi connectivity index (χ1) is 13.5. The van der Waals surface area contributed by atoms with Gasteiger partial charge in [0.05, 0.1) is 19.1 Å². The van der Waals surface area contributed by atoms with E-state index in [9.17, 15) is 14.3 Å². The van der Waals surface area contributed by atoms with Gasteiger partial charge >= 0.3 is 5.97 Å². The van der Waals surface area contributed by atoms with Gasteiger partial charge in [-0.25, -0.2) is 4.39 Å². The van der Waals surface area contributed by atoms with Crippen LogP contribution in [0, 0.1) is 17.7 Å². The van der Waals surface area contributed by atoms with E-state index in [-0.39, 0.29) is 36.3 Å². The summed E-state index contributed by atoms with van der Waals surface area (Å²) >= 11 is 0. The van der Waals surface area contributed by atoms with Crippen LogP contribution in [0.25, 0.3) is 0 Å². The molecular formula is C23H28FNO3. The predicted octanol–water partition coefficient (Wildman–Crippen LogP) is 3.60. The number of benzene rings is 2. The van der Waals surface area contributed by atoms with Crippen LogP contribution < -0.4 is 0 Å². The first-order valence-electron chi connectivity index (χ1n) is 9.80. The maximum atomic E-state index is 13.4. The zero-order valence-electron chi connectivity index (χ0n) is 16.4. The number of aliphatic hydroxyl groups excluding tert-OH is 1. The third kappa shape index (κ3) is 4.78. The third-order valence-electron chi connectivity index (χ3n) is 5.28. The van der Waals surface area contributed by atoms with Crippen molar-refractivity contribution in [2.75, 3.05) is 19.8 Å². The summed E-state index contributed by atoms with van der Waals surface area (Å²) in [5.74, 6) is -0.956. The molecule has 0 bridgehead atoms. The topological polar surface area (TPSA) is 49.8 Å².